The molecule has 0 unspecified atom stereocenters. The normalized spacial score (nSPS) is 12.2. The van der Waals surface area contributed by atoms with Gasteiger partial charge in [0.25, 0.3) is 5.82 Å². The summed E-state index contributed by atoms with van der Waals surface area (Å²) in [4.78, 5) is 4.69. The molecule has 0 saturated carbocycles. The second-order valence-corrected chi connectivity index (χ2v) is 10.6. The van der Waals surface area contributed by atoms with Gasteiger partial charge in [0.05, 0.1) is 27.8 Å². The number of hydrogen-bond donors (Lipinski definition) is 0. The lowest BCUT2D eigenvalue weighted by molar-refractivity contribution is -0.633. The Hall–Kier alpha value is -2.98. The lowest BCUT2D eigenvalue weighted by Crippen LogP contribution is -2.30. The summed E-state index contributed by atoms with van der Waals surface area (Å²) >= 11 is 1.76. The van der Waals surface area contributed by atoms with E-state index in [2.05, 4.69) is 111 Å². The third kappa shape index (κ3) is 3.26. The predicted octanol–water partition coefficient (Wildman–Crippen LogP) is 6.65. The molecule has 4 heteroatoms. The van der Waals surface area contributed by atoms with Crippen LogP contribution in [0.3, 0.4) is 0 Å². The molecule has 5 rings (SSSR count). The first kappa shape index (κ1) is 20.0. The van der Waals surface area contributed by atoms with Crippen molar-refractivity contribution >= 4 is 32.6 Å². The molecule has 3 nitrogen and oxygen atoms in total. The smallest absolute Gasteiger partial charge is 0.242 e. The molecule has 0 aliphatic carbocycles. The van der Waals surface area contributed by atoms with Gasteiger partial charge in [-0.3, -0.25) is 0 Å². The molecular weight excluding hydrogens is 398 g/mol. The van der Waals surface area contributed by atoms with Crippen LogP contribution in [0.4, 0.5) is 0 Å². The van der Waals surface area contributed by atoms with Crippen molar-refractivity contribution < 1.29 is 4.57 Å². The van der Waals surface area contributed by atoms with Gasteiger partial charge >= 0.3 is 0 Å². The van der Waals surface area contributed by atoms with Crippen LogP contribution in [0.1, 0.15) is 36.9 Å². The number of imidazole rings is 1. The number of thiazole rings is 1. The van der Waals surface area contributed by atoms with E-state index >= 15 is 0 Å². The van der Waals surface area contributed by atoms with E-state index in [-0.39, 0.29) is 5.41 Å². The first-order chi connectivity index (χ1) is 14.7. The number of benzene rings is 3. The minimum atomic E-state index is 0.135. The van der Waals surface area contributed by atoms with Gasteiger partial charge in [0.2, 0.25) is 0 Å². The molecule has 0 radical (unpaired) electrons. The van der Waals surface area contributed by atoms with Crippen molar-refractivity contribution in [2.45, 2.75) is 40.0 Å². The fraction of sp³-hybridized carbons (Fsp3) is 0.259. The molecule has 0 aliphatic heterocycles. The van der Waals surface area contributed by atoms with Crippen LogP contribution in [0.15, 0.2) is 60.7 Å². The molecule has 5 aromatic rings. The zero-order valence-electron chi connectivity index (χ0n) is 19.0. The summed E-state index contributed by atoms with van der Waals surface area (Å²) in [6.45, 7) is 11.0. The van der Waals surface area contributed by atoms with Gasteiger partial charge in [-0.25, -0.2) is 9.55 Å². The minimum absolute atomic E-state index is 0.135. The van der Waals surface area contributed by atoms with Crippen LogP contribution in [0.5, 0.6) is 0 Å². The Kier molecular flexibility index (Phi) is 4.52. The van der Waals surface area contributed by atoms with E-state index < -0.39 is 0 Å². The number of rotatable bonds is 2. The van der Waals surface area contributed by atoms with E-state index in [9.17, 15) is 0 Å². The van der Waals surface area contributed by atoms with Gasteiger partial charge in [-0.1, -0.05) is 45.0 Å². The molecule has 0 spiro atoms. The molecule has 0 bridgehead atoms. The number of aromatic nitrogens is 3. The molecular formula is C27H28N3S+. The third-order valence-electron chi connectivity index (χ3n) is 6.09. The second kappa shape index (κ2) is 7.03. The van der Waals surface area contributed by atoms with Gasteiger partial charge in [-0.2, -0.15) is 4.57 Å². The fourth-order valence-corrected chi connectivity index (χ4v) is 5.27. The Bertz CT molecular complexity index is 1430. The zero-order valence-corrected chi connectivity index (χ0v) is 19.8. The SMILES string of the molecule is Cc1nc2cc(C)c(-c3n(-c4ccc(C(C)(C)C)cc4)c4ccccc4[n+]3C)cc2s1. The highest BCUT2D eigenvalue weighted by molar-refractivity contribution is 7.18. The van der Waals surface area contributed by atoms with Crippen molar-refractivity contribution in [3.8, 4) is 17.1 Å². The van der Waals surface area contributed by atoms with E-state index in [1.54, 1.807) is 11.3 Å². The second-order valence-electron chi connectivity index (χ2n) is 9.37. The highest BCUT2D eigenvalue weighted by atomic mass is 32.1. The first-order valence-electron chi connectivity index (χ1n) is 10.7. The lowest BCUT2D eigenvalue weighted by atomic mass is 9.87. The summed E-state index contributed by atoms with van der Waals surface area (Å²) in [6, 6.07) is 22.2. The van der Waals surface area contributed by atoms with Crippen molar-refractivity contribution in [1.29, 1.82) is 0 Å². The topological polar surface area (TPSA) is 21.7 Å². The maximum Gasteiger partial charge on any atom is 0.295 e. The summed E-state index contributed by atoms with van der Waals surface area (Å²) < 4.78 is 5.94. The average Bonchev–Trinajstić information content (AvgIpc) is 3.23. The first-order valence-corrected chi connectivity index (χ1v) is 11.5. The van der Waals surface area contributed by atoms with Gasteiger partial charge < -0.3 is 0 Å². The van der Waals surface area contributed by atoms with Crippen molar-refractivity contribution in [2.24, 2.45) is 7.05 Å². The van der Waals surface area contributed by atoms with E-state index in [0.717, 1.165) is 10.5 Å². The summed E-state index contributed by atoms with van der Waals surface area (Å²) in [5.41, 5.74) is 8.66. The highest BCUT2D eigenvalue weighted by Gasteiger charge is 2.27. The Morgan fingerprint density at radius 1 is 0.935 bits per heavy atom. The highest BCUT2D eigenvalue weighted by Crippen LogP contribution is 2.34. The van der Waals surface area contributed by atoms with Gasteiger partial charge in [0.15, 0.2) is 11.0 Å². The van der Waals surface area contributed by atoms with Crippen LogP contribution >= 0.6 is 11.3 Å². The molecule has 0 aliphatic rings. The fourth-order valence-electron chi connectivity index (χ4n) is 4.42. The van der Waals surface area contributed by atoms with Crippen molar-refractivity contribution in [3.63, 3.8) is 0 Å². The van der Waals surface area contributed by atoms with Gasteiger partial charge in [0.1, 0.15) is 5.69 Å². The molecule has 31 heavy (non-hydrogen) atoms. The summed E-state index contributed by atoms with van der Waals surface area (Å²) in [5, 5.41) is 1.11. The zero-order chi connectivity index (χ0) is 21.9. The number of para-hydroxylation sites is 2. The summed E-state index contributed by atoms with van der Waals surface area (Å²) in [6.07, 6.45) is 0. The Balaban J connectivity index is 1.82. The van der Waals surface area contributed by atoms with Gasteiger partial charge in [-0.15, -0.1) is 11.3 Å². The number of nitrogens with zero attached hydrogens (tertiary/aromatic N) is 3. The molecule has 2 aromatic heterocycles. The predicted molar refractivity (Wildman–Crippen MR) is 131 cm³/mol. The molecule has 3 aromatic carbocycles. The molecule has 0 atom stereocenters. The van der Waals surface area contributed by atoms with Crippen LogP contribution in [0, 0.1) is 13.8 Å². The van der Waals surface area contributed by atoms with Crippen LogP contribution < -0.4 is 4.57 Å². The molecule has 0 amide bonds. The average molecular weight is 427 g/mol. The number of hydrogen-bond acceptors (Lipinski definition) is 2. The van der Waals surface area contributed by atoms with E-state index in [1.807, 2.05) is 0 Å². The van der Waals surface area contributed by atoms with Crippen molar-refractivity contribution in [2.75, 3.05) is 0 Å². The monoisotopic (exact) mass is 426 g/mol. The van der Waals surface area contributed by atoms with Gasteiger partial charge in [-0.05, 0) is 66.8 Å². The summed E-state index contributed by atoms with van der Waals surface area (Å²) in [7, 11) is 2.17. The number of aryl methyl sites for hydroxylation is 3. The quantitative estimate of drug-likeness (QED) is 0.290. The Morgan fingerprint density at radius 2 is 1.65 bits per heavy atom. The van der Waals surface area contributed by atoms with Crippen LogP contribution in [-0.2, 0) is 12.5 Å². The maximum absolute atomic E-state index is 4.69. The standard InChI is InChI=1S/C27H28N3S/c1-17-15-22-25(31-18(2)28-22)16-21(17)26-29(6)23-9-7-8-10-24(23)30(26)20-13-11-19(12-14-20)27(3,4)5/h7-16H,1-6H3/q+1. The third-order valence-corrected chi connectivity index (χ3v) is 7.02. The molecule has 0 N–H and O–H groups in total. The van der Waals surface area contributed by atoms with Crippen LogP contribution in [0.2, 0.25) is 0 Å². The summed E-state index contributed by atoms with van der Waals surface area (Å²) in [5.74, 6) is 1.19. The minimum Gasteiger partial charge on any atom is -0.242 e. The molecule has 0 saturated heterocycles. The largest absolute Gasteiger partial charge is 0.295 e. The van der Waals surface area contributed by atoms with Gasteiger partial charge in [0, 0.05) is 0 Å². The van der Waals surface area contributed by atoms with E-state index in [4.69, 9.17) is 4.98 Å². The lowest BCUT2D eigenvalue weighted by Gasteiger charge is -2.18. The molecule has 0 fully saturated rings. The maximum atomic E-state index is 4.69. The van der Waals surface area contributed by atoms with Crippen LogP contribution in [0.25, 0.3) is 38.3 Å². The Morgan fingerprint density at radius 3 is 2.35 bits per heavy atom. The van der Waals surface area contributed by atoms with E-state index in [0.29, 0.717) is 0 Å². The van der Waals surface area contributed by atoms with E-state index in [1.165, 1.54) is 43.9 Å². The number of fused-ring (bicyclic) bond motifs is 2. The molecule has 2 heterocycles. The van der Waals surface area contributed by atoms with Crippen LogP contribution in [-0.4, -0.2) is 9.55 Å². The van der Waals surface area contributed by atoms with Crippen molar-refractivity contribution in [3.05, 3.63) is 76.8 Å². The Labute approximate surface area is 187 Å². The van der Waals surface area contributed by atoms with Crippen molar-refractivity contribution in [1.82, 2.24) is 9.55 Å². The molecule has 156 valence electrons.